The zero-order valence-electron chi connectivity index (χ0n) is 8.25. The molecule has 0 atom stereocenters. The SMILES string of the molecule is CCOC(=O)C(C#N)=CNCC1CC1. The molecule has 0 unspecified atom stereocenters. The van der Waals surface area contributed by atoms with Crippen LogP contribution in [0.25, 0.3) is 0 Å². The van der Waals surface area contributed by atoms with Gasteiger partial charge in [-0.25, -0.2) is 4.79 Å². The molecule has 0 aromatic carbocycles. The maximum Gasteiger partial charge on any atom is 0.350 e. The molecular weight excluding hydrogens is 180 g/mol. The fraction of sp³-hybridized carbons (Fsp3) is 0.600. The van der Waals surface area contributed by atoms with Crippen LogP contribution < -0.4 is 5.32 Å². The van der Waals surface area contributed by atoms with Crippen molar-refractivity contribution in [2.24, 2.45) is 5.92 Å². The lowest BCUT2D eigenvalue weighted by Crippen LogP contribution is -2.14. The lowest BCUT2D eigenvalue weighted by molar-refractivity contribution is -0.138. The Morgan fingerprint density at radius 1 is 1.71 bits per heavy atom. The van der Waals surface area contributed by atoms with Crippen molar-refractivity contribution in [2.45, 2.75) is 19.8 Å². The summed E-state index contributed by atoms with van der Waals surface area (Å²) in [5.41, 5.74) is 0.0347. The molecule has 76 valence electrons. The molecule has 0 aromatic heterocycles. The Labute approximate surface area is 83.5 Å². The van der Waals surface area contributed by atoms with Crippen molar-refractivity contribution in [3.05, 3.63) is 11.8 Å². The van der Waals surface area contributed by atoms with Crippen LogP contribution in [0.15, 0.2) is 11.8 Å². The predicted molar refractivity (Wildman–Crippen MR) is 51.1 cm³/mol. The monoisotopic (exact) mass is 194 g/mol. The molecule has 0 aromatic rings. The molecule has 4 heteroatoms. The van der Waals surface area contributed by atoms with Crippen LogP contribution in [-0.2, 0) is 9.53 Å². The summed E-state index contributed by atoms with van der Waals surface area (Å²) < 4.78 is 4.70. The molecule has 1 rings (SSSR count). The van der Waals surface area contributed by atoms with Crippen molar-refractivity contribution in [3.63, 3.8) is 0 Å². The Morgan fingerprint density at radius 3 is 2.93 bits per heavy atom. The topological polar surface area (TPSA) is 62.1 Å². The van der Waals surface area contributed by atoms with Crippen molar-refractivity contribution >= 4 is 5.97 Å². The van der Waals surface area contributed by atoms with Gasteiger partial charge in [0.1, 0.15) is 6.07 Å². The number of nitriles is 1. The Hall–Kier alpha value is -1.50. The quantitative estimate of drug-likeness (QED) is 0.402. The molecule has 0 aliphatic heterocycles. The summed E-state index contributed by atoms with van der Waals surface area (Å²) in [7, 11) is 0. The van der Waals surface area contributed by atoms with Crippen molar-refractivity contribution in [1.82, 2.24) is 5.32 Å². The second kappa shape index (κ2) is 5.28. The molecule has 14 heavy (non-hydrogen) atoms. The van der Waals surface area contributed by atoms with E-state index < -0.39 is 5.97 Å². The van der Waals surface area contributed by atoms with Gasteiger partial charge in [0.2, 0.25) is 0 Å². The van der Waals surface area contributed by atoms with Gasteiger partial charge >= 0.3 is 5.97 Å². The largest absolute Gasteiger partial charge is 0.462 e. The summed E-state index contributed by atoms with van der Waals surface area (Å²) in [6.07, 6.45) is 3.92. The molecule has 0 saturated heterocycles. The van der Waals surface area contributed by atoms with Crippen LogP contribution in [0.3, 0.4) is 0 Å². The van der Waals surface area contributed by atoms with E-state index in [-0.39, 0.29) is 5.57 Å². The summed E-state index contributed by atoms with van der Waals surface area (Å²) in [5, 5.41) is 11.6. The third-order valence-electron chi connectivity index (χ3n) is 1.97. The lowest BCUT2D eigenvalue weighted by atomic mass is 10.3. The summed E-state index contributed by atoms with van der Waals surface area (Å²) >= 11 is 0. The molecule has 0 radical (unpaired) electrons. The van der Waals surface area contributed by atoms with Gasteiger partial charge in [0.15, 0.2) is 5.57 Å². The van der Waals surface area contributed by atoms with Gasteiger partial charge in [0, 0.05) is 12.7 Å². The van der Waals surface area contributed by atoms with Crippen molar-refractivity contribution in [1.29, 1.82) is 5.26 Å². The first-order valence-electron chi connectivity index (χ1n) is 4.78. The number of hydrogen-bond acceptors (Lipinski definition) is 4. The first kappa shape index (κ1) is 10.6. The molecule has 0 heterocycles. The average Bonchev–Trinajstić information content (AvgIpc) is 2.96. The van der Waals surface area contributed by atoms with Crippen LogP contribution in [0.4, 0.5) is 0 Å². The third kappa shape index (κ3) is 3.48. The molecular formula is C10H14N2O2. The lowest BCUT2D eigenvalue weighted by Gasteiger charge is -2.00. The number of carbonyl (C=O) groups excluding carboxylic acids is 1. The minimum absolute atomic E-state index is 0.0347. The molecule has 1 aliphatic carbocycles. The van der Waals surface area contributed by atoms with Crippen molar-refractivity contribution < 1.29 is 9.53 Å². The summed E-state index contributed by atoms with van der Waals surface area (Å²) in [6, 6.07) is 1.80. The molecule has 0 bridgehead atoms. The van der Waals surface area contributed by atoms with Gasteiger partial charge in [-0.3, -0.25) is 0 Å². The number of hydrogen-bond donors (Lipinski definition) is 1. The zero-order chi connectivity index (χ0) is 10.4. The molecule has 1 saturated carbocycles. The third-order valence-corrected chi connectivity index (χ3v) is 1.97. The summed E-state index contributed by atoms with van der Waals surface area (Å²) in [5.74, 6) is 0.159. The van der Waals surface area contributed by atoms with Gasteiger partial charge in [0.25, 0.3) is 0 Å². The smallest absolute Gasteiger partial charge is 0.350 e. The normalized spacial score (nSPS) is 15.9. The first-order chi connectivity index (χ1) is 6.77. The van der Waals surface area contributed by atoms with Crippen LogP contribution in [0.1, 0.15) is 19.8 Å². The van der Waals surface area contributed by atoms with E-state index in [1.54, 1.807) is 13.0 Å². The zero-order valence-corrected chi connectivity index (χ0v) is 8.25. The van der Waals surface area contributed by atoms with E-state index in [4.69, 9.17) is 10.00 Å². The summed E-state index contributed by atoms with van der Waals surface area (Å²) in [6.45, 7) is 2.84. The van der Waals surface area contributed by atoms with Crippen LogP contribution in [0, 0.1) is 17.2 Å². The highest BCUT2D eigenvalue weighted by Crippen LogP contribution is 2.27. The van der Waals surface area contributed by atoms with E-state index in [1.165, 1.54) is 19.0 Å². The Morgan fingerprint density at radius 2 is 2.43 bits per heavy atom. The first-order valence-corrected chi connectivity index (χ1v) is 4.78. The average molecular weight is 194 g/mol. The Bertz CT molecular complexity index is 274. The van der Waals surface area contributed by atoms with Crippen LogP contribution in [0.5, 0.6) is 0 Å². The number of carbonyl (C=O) groups is 1. The number of ether oxygens (including phenoxy) is 1. The number of nitrogens with zero attached hydrogens (tertiary/aromatic N) is 1. The van der Waals surface area contributed by atoms with Gasteiger partial charge in [-0.05, 0) is 25.7 Å². The van der Waals surface area contributed by atoms with E-state index in [2.05, 4.69) is 5.32 Å². The minimum Gasteiger partial charge on any atom is -0.462 e. The predicted octanol–water partition coefficient (Wildman–Crippen LogP) is 0.957. The number of rotatable bonds is 5. The van der Waals surface area contributed by atoms with E-state index in [0.717, 1.165) is 6.54 Å². The molecule has 1 aliphatic rings. The highest BCUT2D eigenvalue weighted by molar-refractivity contribution is 5.92. The second-order valence-corrected chi connectivity index (χ2v) is 3.24. The van der Waals surface area contributed by atoms with Crippen LogP contribution in [0.2, 0.25) is 0 Å². The molecule has 0 amide bonds. The minimum atomic E-state index is -0.557. The van der Waals surface area contributed by atoms with E-state index in [1.807, 2.05) is 0 Å². The van der Waals surface area contributed by atoms with Crippen LogP contribution >= 0.6 is 0 Å². The van der Waals surface area contributed by atoms with Crippen molar-refractivity contribution in [2.75, 3.05) is 13.2 Å². The second-order valence-electron chi connectivity index (χ2n) is 3.24. The standard InChI is InChI=1S/C10H14N2O2/c1-2-14-10(13)9(5-11)7-12-6-8-3-4-8/h7-8,12H,2-4,6H2,1H3. The highest BCUT2D eigenvalue weighted by Gasteiger charge is 2.20. The Kier molecular flexibility index (Phi) is 3.99. The molecule has 0 spiro atoms. The van der Waals surface area contributed by atoms with E-state index in [9.17, 15) is 4.79 Å². The molecule has 1 N–H and O–H groups in total. The van der Waals surface area contributed by atoms with Gasteiger partial charge in [0.05, 0.1) is 6.61 Å². The van der Waals surface area contributed by atoms with E-state index in [0.29, 0.717) is 12.5 Å². The summed E-state index contributed by atoms with van der Waals surface area (Å²) in [4.78, 5) is 11.1. The fourth-order valence-corrected chi connectivity index (χ4v) is 0.995. The number of nitrogens with one attached hydrogen (secondary N) is 1. The van der Waals surface area contributed by atoms with Crippen molar-refractivity contribution in [3.8, 4) is 6.07 Å². The Balaban J connectivity index is 2.34. The van der Waals surface area contributed by atoms with Gasteiger partial charge < -0.3 is 10.1 Å². The van der Waals surface area contributed by atoms with Crippen LogP contribution in [-0.4, -0.2) is 19.1 Å². The highest BCUT2D eigenvalue weighted by atomic mass is 16.5. The molecule has 1 fully saturated rings. The van der Waals surface area contributed by atoms with Gasteiger partial charge in [-0.2, -0.15) is 5.26 Å². The van der Waals surface area contributed by atoms with Gasteiger partial charge in [-0.15, -0.1) is 0 Å². The number of esters is 1. The molecule has 4 nitrogen and oxygen atoms in total. The van der Waals surface area contributed by atoms with Gasteiger partial charge in [-0.1, -0.05) is 0 Å². The fourth-order valence-electron chi connectivity index (χ4n) is 0.995. The maximum atomic E-state index is 11.1. The van der Waals surface area contributed by atoms with E-state index >= 15 is 0 Å². The maximum absolute atomic E-state index is 11.1.